The Morgan fingerprint density at radius 1 is 1.02 bits per heavy atom. The largest absolute Gasteiger partial charge is 0.480 e. The number of piperidine rings is 2. The standard InChI is InChI=1S/C30H37F2N7O4S/c1-3-22-16-24(35-28(34-22)38-14-10-30(31,32)11-15-38)21-17-33-39(18-21)25-5-4-23(36-44(42,43)19-26(40)41)20(2)27(25)37-12-8-29(6-7-29)9-13-37/h4-5,16-18,36H,3,6-15,19H2,1-2H3,(H,40,41). The maximum Gasteiger partial charge on any atom is 0.320 e. The molecule has 236 valence electrons. The van der Waals surface area contributed by atoms with Crippen molar-refractivity contribution >= 4 is 33.3 Å². The van der Waals surface area contributed by atoms with Crippen LogP contribution >= 0.6 is 0 Å². The van der Waals surface area contributed by atoms with E-state index in [0.717, 1.165) is 48.6 Å². The molecule has 3 fully saturated rings. The highest BCUT2D eigenvalue weighted by Crippen LogP contribution is 2.54. The molecule has 11 nitrogen and oxygen atoms in total. The molecule has 3 aliphatic rings. The van der Waals surface area contributed by atoms with Gasteiger partial charge in [0.2, 0.25) is 16.0 Å². The minimum Gasteiger partial charge on any atom is -0.480 e. The molecular weight excluding hydrogens is 592 g/mol. The number of aliphatic carboxylic acids is 1. The van der Waals surface area contributed by atoms with E-state index in [4.69, 9.17) is 10.1 Å². The van der Waals surface area contributed by atoms with Gasteiger partial charge < -0.3 is 14.9 Å². The lowest BCUT2D eigenvalue weighted by Gasteiger charge is -2.36. The van der Waals surface area contributed by atoms with Crippen LogP contribution in [0.5, 0.6) is 0 Å². The number of alkyl halides is 2. The summed E-state index contributed by atoms with van der Waals surface area (Å²) in [6, 6.07) is 5.30. The molecule has 4 heterocycles. The number of aryl methyl sites for hydroxylation is 1. The van der Waals surface area contributed by atoms with E-state index >= 15 is 0 Å². The molecule has 2 N–H and O–H groups in total. The Morgan fingerprint density at radius 2 is 1.70 bits per heavy atom. The fraction of sp³-hybridized carbons (Fsp3) is 0.533. The van der Waals surface area contributed by atoms with Crippen molar-refractivity contribution in [2.75, 3.05) is 46.5 Å². The van der Waals surface area contributed by atoms with Gasteiger partial charge in [0.25, 0.3) is 5.92 Å². The van der Waals surface area contributed by atoms with Gasteiger partial charge in [-0.15, -0.1) is 0 Å². The summed E-state index contributed by atoms with van der Waals surface area (Å²) in [5.74, 6) is -4.70. The van der Waals surface area contributed by atoms with Crippen molar-refractivity contribution in [1.82, 2.24) is 19.7 Å². The van der Waals surface area contributed by atoms with E-state index < -0.39 is 27.7 Å². The van der Waals surface area contributed by atoms with E-state index in [9.17, 15) is 22.0 Å². The van der Waals surface area contributed by atoms with Crippen LogP contribution in [0, 0.1) is 12.3 Å². The molecule has 0 radical (unpaired) electrons. The van der Waals surface area contributed by atoms with Gasteiger partial charge in [-0.2, -0.15) is 5.10 Å². The van der Waals surface area contributed by atoms with Crippen LogP contribution in [0.2, 0.25) is 0 Å². The van der Waals surface area contributed by atoms with Crippen molar-refractivity contribution in [1.29, 1.82) is 0 Å². The lowest BCUT2D eigenvalue weighted by molar-refractivity contribution is -0.134. The Morgan fingerprint density at radius 3 is 2.34 bits per heavy atom. The van der Waals surface area contributed by atoms with Crippen LogP contribution in [0.15, 0.2) is 30.6 Å². The normalized spacial score (nSPS) is 19.3. The average molecular weight is 630 g/mol. The first-order valence-electron chi connectivity index (χ1n) is 15.0. The quantitative estimate of drug-likeness (QED) is 0.347. The second-order valence-corrected chi connectivity index (χ2v) is 14.0. The summed E-state index contributed by atoms with van der Waals surface area (Å²) in [5.41, 5.74) is 5.19. The highest BCUT2D eigenvalue weighted by Gasteiger charge is 2.45. The SMILES string of the molecule is CCc1cc(-c2cnn(-c3ccc(NS(=O)(=O)CC(=O)O)c(C)c3N3CCC4(CC3)CC4)c2)nc(N2CCC(F)(F)CC2)n1. The van der Waals surface area contributed by atoms with Crippen LogP contribution < -0.4 is 14.5 Å². The number of carboxylic acids is 1. The number of hydrogen-bond acceptors (Lipinski definition) is 8. The molecule has 0 bridgehead atoms. The van der Waals surface area contributed by atoms with Crippen molar-refractivity contribution in [2.45, 2.75) is 64.7 Å². The second kappa shape index (κ2) is 11.3. The van der Waals surface area contributed by atoms with Crippen LogP contribution in [-0.4, -0.2) is 77.1 Å². The predicted octanol–water partition coefficient (Wildman–Crippen LogP) is 4.64. The smallest absolute Gasteiger partial charge is 0.320 e. The third-order valence-electron chi connectivity index (χ3n) is 9.12. The summed E-state index contributed by atoms with van der Waals surface area (Å²) in [6.45, 7) is 5.81. The van der Waals surface area contributed by atoms with Gasteiger partial charge >= 0.3 is 5.97 Å². The van der Waals surface area contributed by atoms with E-state index in [-0.39, 0.29) is 25.9 Å². The number of sulfonamides is 1. The third-order valence-corrected chi connectivity index (χ3v) is 10.3. The highest BCUT2D eigenvalue weighted by atomic mass is 32.2. The molecule has 1 aromatic carbocycles. The van der Waals surface area contributed by atoms with Gasteiger partial charge in [0, 0.05) is 56.5 Å². The predicted molar refractivity (Wildman–Crippen MR) is 163 cm³/mol. The first kappa shape index (κ1) is 30.2. The minimum absolute atomic E-state index is 0.182. The Bertz CT molecular complexity index is 1670. The number of aromatic nitrogens is 4. The van der Waals surface area contributed by atoms with Gasteiger partial charge in [-0.05, 0) is 68.2 Å². The van der Waals surface area contributed by atoms with Gasteiger partial charge in [0.15, 0.2) is 5.75 Å². The Hall–Kier alpha value is -3.81. The number of rotatable bonds is 9. The molecule has 1 saturated carbocycles. The number of carboxylic acid groups (broad SMARTS) is 1. The topological polar surface area (TPSA) is 134 Å². The number of nitrogens with zero attached hydrogens (tertiary/aromatic N) is 6. The van der Waals surface area contributed by atoms with Crippen LogP contribution in [0.25, 0.3) is 16.9 Å². The molecule has 6 rings (SSSR count). The van der Waals surface area contributed by atoms with Crippen molar-refractivity contribution in [3.8, 4) is 16.9 Å². The average Bonchev–Trinajstić information content (AvgIpc) is 3.53. The molecule has 3 aromatic rings. The molecule has 0 atom stereocenters. The summed E-state index contributed by atoms with van der Waals surface area (Å²) < 4.78 is 56.8. The lowest BCUT2D eigenvalue weighted by Crippen LogP contribution is -2.40. The van der Waals surface area contributed by atoms with Crippen LogP contribution in [0.1, 0.15) is 56.7 Å². The summed E-state index contributed by atoms with van der Waals surface area (Å²) in [7, 11) is -4.10. The highest BCUT2D eigenvalue weighted by molar-refractivity contribution is 7.93. The number of halogens is 2. The van der Waals surface area contributed by atoms with Gasteiger partial charge in [0.05, 0.1) is 29.0 Å². The monoisotopic (exact) mass is 629 g/mol. The van der Waals surface area contributed by atoms with Gasteiger partial charge in [0.1, 0.15) is 0 Å². The van der Waals surface area contributed by atoms with Gasteiger partial charge in [-0.25, -0.2) is 31.8 Å². The molecule has 0 amide bonds. The van der Waals surface area contributed by atoms with Crippen LogP contribution in [0.3, 0.4) is 0 Å². The molecule has 2 aromatic heterocycles. The molecular formula is C30H37F2N7O4S. The van der Waals surface area contributed by atoms with E-state index in [1.807, 2.05) is 26.1 Å². The number of nitrogens with one attached hydrogen (secondary N) is 1. The van der Waals surface area contributed by atoms with Gasteiger partial charge in [-0.3, -0.25) is 9.52 Å². The molecule has 0 unspecified atom stereocenters. The van der Waals surface area contributed by atoms with Gasteiger partial charge in [-0.1, -0.05) is 6.92 Å². The summed E-state index contributed by atoms with van der Waals surface area (Å²) in [4.78, 5) is 24.5. The number of carbonyl (C=O) groups is 1. The third kappa shape index (κ3) is 6.35. The molecule has 2 saturated heterocycles. The minimum atomic E-state index is -4.10. The van der Waals surface area contributed by atoms with Crippen molar-refractivity contribution in [2.24, 2.45) is 5.41 Å². The molecule has 1 spiro atoms. The molecule has 2 aliphatic heterocycles. The van der Waals surface area contributed by atoms with E-state index in [1.54, 1.807) is 27.9 Å². The summed E-state index contributed by atoms with van der Waals surface area (Å²) >= 11 is 0. The maximum atomic E-state index is 13.8. The van der Waals surface area contributed by atoms with Crippen molar-refractivity contribution in [3.05, 3.63) is 41.9 Å². The van der Waals surface area contributed by atoms with Crippen molar-refractivity contribution in [3.63, 3.8) is 0 Å². The first-order chi connectivity index (χ1) is 20.9. The number of hydrogen-bond donors (Lipinski definition) is 2. The zero-order valence-corrected chi connectivity index (χ0v) is 25.7. The fourth-order valence-corrected chi connectivity index (χ4v) is 7.16. The Labute approximate surface area is 255 Å². The van der Waals surface area contributed by atoms with E-state index in [0.29, 0.717) is 34.7 Å². The second-order valence-electron chi connectivity index (χ2n) is 12.3. The Kier molecular flexibility index (Phi) is 7.75. The van der Waals surface area contributed by atoms with E-state index in [2.05, 4.69) is 19.7 Å². The molecule has 14 heteroatoms. The van der Waals surface area contributed by atoms with Crippen LogP contribution in [-0.2, 0) is 21.2 Å². The summed E-state index contributed by atoms with van der Waals surface area (Å²) in [5, 5.41) is 13.7. The van der Waals surface area contributed by atoms with Crippen LogP contribution in [0.4, 0.5) is 26.1 Å². The first-order valence-corrected chi connectivity index (χ1v) is 16.7. The zero-order valence-electron chi connectivity index (χ0n) is 24.9. The number of anilines is 3. The lowest BCUT2D eigenvalue weighted by atomic mass is 9.92. The fourth-order valence-electron chi connectivity index (χ4n) is 6.20. The molecule has 44 heavy (non-hydrogen) atoms. The van der Waals surface area contributed by atoms with Crippen molar-refractivity contribution < 1.29 is 27.1 Å². The van der Waals surface area contributed by atoms with E-state index in [1.165, 1.54) is 12.8 Å². The maximum absolute atomic E-state index is 13.8. The number of benzene rings is 1. The molecule has 1 aliphatic carbocycles. The summed E-state index contributed by atoms with van der Waals surface area (Å²) in [6.07, 6.45) is 8.33. The zero-order chi connectivity index (χ0) is 31.3. The Balaban J connectivity index is 1.35.